The number of fused-ring (bicyclic) bond motifs is 1. The molecule has 1 heterocycles. The number of rotatable bonds is 11. The lowest BCUT2D eigenvalue weighted by atomic mass is 10.1. The summed E-state index contributed by atoms with van der Waals surface area (Å²) < 4.78 is 60.2. The lowest BCUT2D eigenvalue weighted by Gasteiger charge is -2.25. The maximum atomic E-state index is 13.7. The molecule has 4 rings (SSSR count). The van der Waals surface area contributed by atoms with Gasteiger partial charge in [-0.3, -0.25) is 19.8 Å². The second-order valence-electron chi connectivity index (χ2n) is 10.2. The lowest BCUT2D eigenvalue weighted by Crippen LogP contribution is -2.51. The van der Waals surface area contributed by atoms with E-state index in [0.29, 0.717) is 27.3 Å². The molecule has 0 saturated carbocycles. The van der Waals surface area contributed by atoms with Gasteiger partial charge in [-0.05, 0) is 28.8 Å². The summed E-state index contributed by atoms with van der Waals surface area (Å²) in [5.41, 5.74) is 8.24. The molecule has 0 aromatic heterocycles. The molecule has 18 heteroatoms. The van der Waals surface area contributed by atoms with Crippen LogP contribution in [0.25, 0.3) is 0 Å². The van der Waals surface area contributed by atoms with Crippen molar-refractivity contribution in [1.82, 2.24) is 10.0 Å². The Morgan fingerprint density at radius 1 is 0.979 bits per heavy atom. The molecule has 0 radical (unpaired) electrons. The number of benzene rings is 3. The minimum absolute atomic E-state index is 0.0526. The average molecular weight is 710 g/mol. The van der Waals surface area contributed by atoms with Crippen LogP contribution in [-0.4, -0.2) is 72.7 Å². The molecule has 3 aromatic rings. The first-order chi connectivity index (χ1) is 22.4. The normalized spacial score (nSPS) is 14.5. The highest BCUT2D eigenvalue weighted by Crippen LogP contribution is 2.35. The number of halogens is 3. The molecule has 2 amide bonds. The number of carboxylic acid groups (broad SMARTS) is 2. The van der Waals surface area contributed by atoms with Gasteiger partial charge < -0.3 is 26.2 Å². The number of aliphatic carboxylic acids is 2. The van der Waals surface area contributed by atoms with E-state index in [1.807, 2.05) is 0 Å². The van der Waals surface area contributed by atoms with Gasteiger partial charge in [-0.1, -0.05) is 60.7 Å². The molecule has 256 valence electrons. The molecule has 0 spiro atoms. The van der Waals surface area contributed by atoms with Crippen LogP contribution in [0, 0.1) is 5.41 Å². The second-order valence-corrected chi connectivity index (χ2v) is 13.0. The number of anilines is 1. The van der Waals surface area contributed by atoms with Gasteiger partial charge in [0.1, 0.15) is 18.4 Å². The Kier molecular flexibility index (Phi) is 12.7. The first-order valence-electron chi connectivity index (χ1n) is 13.8. The topological polar surface area (TPSA) is 220 Å². The Bertz CT molecular complexity index is 1770. The zero-order valence-electron chi connectivity index (χ0n) is 24.9. The number of carbonyl (C=O) groups excluding carboxylic acids is 2. The van der Waals surface area contributed by atoms with Gasteiger partial charge in [-0.25, -0.2) is 17.9 Å². The summed E-state index contributed by atoms with van der Waals surface area (Å²) in [5.74, 6) is -5.19. The van der Waals surface area contributed by atoms with E-state index in [1.165, 1.54) is 16.7 Å². The monoisotopic (exact) mass is 709 g/mol. The minimum atomic E-state index is -5.08. The van der Waals surface area contributed by atoms with Crippen molar-refractivity contribution in [2.45, 2.75) is 35.8 Å². The molecule has 0 saturated heterocycles. The smallest absolute Gasteiger partial charge is 0.481 e. The number of sulfonamides is 1. The van der Waals surface area contributed by atoms with Gasteiger partial charge in [0.25, 0.3) is 0 Å². The van der Waals surface area contributed by atoms with Crippen molar-refractivity contribution in [1.29, 1.82) is 5.41 Å². The van der Waals surface area contributed by atoms with E-state index in [2.05, 4.69) is 10.0 Å². The molecule has 1 aliphatic heterocycles. The van der Waals surface area contributed by atoms with E-state index in [4.69, 9.17) is 21.0 Å². The van der Waals surface area contributed by atoms with Crippen molar-refractivity contribution in [3.8, 4) is 0 Å². The highest BCUT2D eigenvalue weighted by Gasteiger charge is 2.38. The predicted octanol–water partition coefficient (Wildman–Crippen LogP) is 2.47. The molecular formula is C30H30F3N5O8S2. The molecule has 3 aromatic carbocycles. The first-order valence-corrected chi connectivity index (χ1v) is 16.4. The summed E-state index contributed by atoms with van der Waals surface area (Å²) in [6.07, 6.45) is -5.31. The number of nitrogen functional groups attached to an aromatic ring is 1. The number of carboxylic acids is 2. The fraction of sp³-hybridized carbons (Fsp3) is 0.233. The van der Waals surface area contributed by atoms with Crippen LogP contribution in [-0.2, 0) is 47.9 Å². The van der Waals surface area contributed by atoms with Gasteiger partial charge in [0.05, 0.1) is 17.9 Å². The third-order valence-electron chi connectivity index (χ3n) is 6.46. The van der Waals surface area contributed by atoms with E-state index in [1.54, 1.807) is 72.8 Å². The second kappa shape index (κ2) is 16.2. The quantitative estimate of drug-likeness (QED) is 0.126. The summed E-state index contributed by atoms with van der Waals surface area (Å²) in [4.78, 5) is 48.6. The Morgan fingerprint density at radius 3 is 2.15 bits per heavy atom. The van der Waals surface area contributed by atoms with Crippen LogP contribution in [0.1, 0.15) is 22.3 Å². The SMILES string of the molecule is N=C(N)c1ccc(CNC(=O)CN2C(=O)[C@H](NS(=O)(=O)Cc3ccccc3)CSc3cc(CC(=O)O)ccc32)cc1.O=C(O)C(F)(F)F. The molecule has 48 heavy (non-hydrogen) atoms. The molecule has 7 N–H and O–H groups in total. The Labute approximate surface area is 276 Å². The standard InChI is InChI=1S/C28H29N5O6S2.C2HF3O2/c29-27(30)21-9-6-18(7-10-21)14-31-25(34)15-33-23-11-8-20(13-26(35)36)12-24(23)40-16-22(28(33)37)32-41(38,39)17-19-4-2-1-3-5-19;3-2(4,5)1(6)7/h1-12,22,32H,13-17H2,(H3,29,30)(H,31,34)(H,35,36);(H,6,7)/t22-;/m1./s1. The number of nitrogens with one attached hydrogen (secondary N) is 3. The number of amides is 2. The number of hydrogen-bond acceptors (Lipinski definition) is 8. The van der Waals surface area contributed by atoms with Crippen molar-refractivity contribution < 1.29 is 51.0 Å². The van der Waals surface area contributed by atoms with Crippen LogP contribution in [0.3, 0.4) is 0 Å². The van der Waals surface area contributed by atoms with E-state index in [0.717, 1.165) is 5.56 Å². The zero-order valence-corrected chi connectivity index (χ0v) is 26.5. The van der Waals surface area contributed by atoms with Crippen molar-refractivity contribution in [2.75, 3.05) is 17.2 Å². The maximum Gasteiger partial charge on any atom is 0.490 e. The summed E-state index contributed by atoms with van der Waals surface area (Å²) in [7, 11) is -3.92. The zero-order chi connectivity index (χ0) is 35.6. The Hall–Kier alpha value is -4.94. The van der Waals surface area contributed by atoms with Gasteiger partial charge in [0.15, 0.2) is 0 Å². The van der Waals surface area contributed by atoms with Gasteiger partial charge in [0, 0.05) is 22.8 Å². The molecule has 1 aliphatic rings. The molecule has 0 fully saturated rings. The fourth-order valence-corrected chi connectivity index (χ4v) is 6.81. The van der Waals surface area contributed by atoms with Crippen molar-refractivity contribution in [3.63, 3.8) is 0 Å². The number of amidine groups is 1. The Morgan fingerprint density at radius 2 is 1.58 bits per heavy atom. The third kappa shape index (κ3) is 11.4. The van der Waals surface area contributed by atoms with Crippen LogP contribution in [0.4, 0.5) is 18.9 Å². The molecular weight excluding hydrogens is 679 g/mol. The van der Waals surface area contributed by atoms with Crippen LogP contribution < -0.4 is 20.7 Å². The van der Waals surface area contributed by atoms with Crippen LogP contribution in [0.15, 0.2) is 77.7 Å². The van der Waals surface area contributed by atoms with Crippen LogP contribution in [0.2, 0.25) is 0 Å². The van der Waals surface area contributed by atoms with Gasteiger partial charge in [0.2, 0.25) is 21.8 Å². The van der Waals surface area contributed by atoms with Crippen molar-refractivity contribution in [3.05, 3.63) is 95.1 Å². The van der Waals surface area contributed by atoms with Gasteiger partial charge in [-0.2, -0.15) is 13.2 Å². The van der Waals surface area contributed by atoms with E-state index < -0.39 is 46.0 Å². The van der Waals surface area contributed by atoms with Crippen LogP contribution >= 0.6 is 11.8 Å². The predicted molar refractivity (Wildman–Crippen MR) is 170 cm³/mol. The van der Waals surface area contributed by atoms with Crippen molar-refractivity contribution in [2.24, 2.45) is 5.73 Å². The molecule has 0 unspecified atom stereocenters. The number of alkyl halides is 3. The van der Waals surface area contributed by atoms with Crippen molar-refractivity contribution >= 4 is 57.1 Å². The largest absolute Gasteiger partial charge is 0.490 e. The van der Waals surface area contributed by atoms with Gasteiger partial charge >= 0.3 is 18.1 Å². The third-order valence-corrected chi connectivity index (χ3v) is 8.96. The van der Waals surface area contributed by atoms with E-state index in [9.17, 15) is 41.1 Å². The lowest BCUT2D eigenvalue weighted by molar-refractivity contribution is -0.192. The summed E-state index contributed by atoms with van der Waals surface area (Å²) in [6, 6.07) is 19.0. The molecule has 1 atom stereocenters. The summed E-state index contributed by atoms with van der Waals surface area (Å²) in [5, 5.41) is 26.6. The minimum Gasteiger partial charge on any atom is -0.481 e. The number of carbonyl (C=O) groups is 4. The van der Waals surface area contributed by atoms with Gasteiger partial charge in [-0.15, -0.1) is 11.8 Å². The van der Waals surface area contributed by atoms with Crippen LogP contribution in [0.5, 0.6) is 0 Å². The van der Waals surface area contributed by atoms with E-state index >= 15 is 0 Å². The van der Waals surface area contributed by atoms with E-state index in [-0.39, 0.29) is 36.9 Å². The highest BCUT2D eigenvalue weighted by atomic mass is 32.2. The summed E-state index contributed by atoms with van der Waals surface area (Å²) >= 11 is 1.21. The molecule has 0 bridgehead atoms. The first kappa shape index (κ1) is 37.5. The Balaban J connectivity index is 0.000000804. The number of nitrogens with zero attached hydrogens (tertiary/aromatic N) is 1. The number of hydrogen-bond donors (Lipinski definition) is 6. The highest BCUT2D eigenvalue weighted by molar-refractivity contribution is 7.99. The average Bonchev–Trinajstić information content (AvgIpc) is 3.12. The fourth-order valence-electron chi connectivity index (χ4n) is 4.23. The maximum absolute atomic E-state index is 13.7. The number of nitrogens with two attached hydrogens (primary N) is 1. The molecule has 0 aliphatic carbocycles. The molecule has 13 nitrogen and oxygen atoms in total. The number of thioether (sulfide) groups is 1. The summed E-state index contributed by atoms with van der Waals surface area (Å²) in [6.45, 7) is -0.224.